The zero-order valence-electron chi connectivity index (χ0n) is 59.3. The summed E-state index contributed by atoms with van der Waals surface area (Å²) in [5.41, 5.74) is 0. The number of carboxylic acid groups (broad SMARTS) is 1. The van der Waals surface area contributed by atoms with Gasteiger partial charge in [0.05, 0.1) is 40.3 Å². The number of ether oxygens (including phenoxy) is 4. The molecule has 0 aliphatic carbocycles. The largest absolute Gasteiger partial charge is 0.545 e. The van der Waals surface area contributed by atoms with E-state index in [1.165, 1.54) is 57.8 Å². The van der Waals surface area contributed by atoms with Crippen LogP contribution >= 0.6 is 0 Å². The summed E-state index contributed by atoms with van der Waals surface area (Å²) in [7, 11) is 5.90. The van der Waals surface area contributed by atoms with Crippen LogP contribution in [-0.4, -0.2) is 82.3 Å². The summed E-state index contributed by atoms with van der Waals surface area (Å²) >= 11 is 0. The number of quaternary nitrogens is 1. The van der Waals surface area contributed by atoms with Crippen molar-refractivity contribution in [2.75, 3.05) is 47.5 Å². The van der Waals surface area contributed by atoms with Crippen LogP contribution in [0.4, 0.5) is 0 Å². The number of allylic oxidation sites excluding steroid dienone is 34. The second kappa shape index (κ2) is 71.7. The van der Waals surface area contributed by atoms with Gasteiger partial charge in [0.25, 0.3) is 0 Å². The van der Waals surface area contributed by atoms with Crippen LogP contribution in [0.15, 0.2) is 207 Å². The third-order valence-corrected chi connectivity index (χ3v) is 14.5. The van der Waals surface area contributed by atoms with Gasteiger partial charge in [-0.25, -0.2) is 0 Å². The van der Waals surface area contributed by atoms with E-state index < -0.39 is 24.3 Å². The van der Waals surface area contributed by atoms with E-state index in [1.807, 2.05) is 21.1 Å². The number of rotatable bonds is 64. The SMILES string of the molecule is CC/C=C\C/C=C\C/C=C\C/C=C\C/C=C\C/C=C\C/C=C\C/C=C\C/C=C\C/C=C\C/C=C\CCCCCC(=O)OC(COC(=O)CCCCCCCCCCCCCC/C=C\C/C=C\C/C=C\C/C=C\C/C=C\C/C=C\CC)COC(OCC[N+](C)(C)C)C(=O)[O-]. The highest BCUT2D eigenvalue weighted by atomic mass is 16.7. The van der Waals surface area contributed by atoms with Gasteiger partial charge in [0.2, 0.25) is 0 Å². The van der Waals surface area contributed by atoms with Crippen molar-refractivity contribution in [1.29, 1.82) is 0 Å². The van der Waals surface area contributed by atoms with Crippen molar-refractivity contribution in [3.05, 3.63) is 207 Å². The molecule has 0 fully saturated rings. The number of hydrogen-bond acceptors (Lipinski definition) is 8. The lowest BCUT2D eigenvalue weighted by atomic mass is 10.0. The van der Waals surface area contributed by atoms with Crippen molar-refractivity contribution in [3.8, 4) is 0 Å². The molecule has 0 aliphatic rings. The Morgan fingerprint density at radius 3 is 0.871 bits per heavy atom. The molecule has 0 aromatic heterocycles. The van der Waals surface area contributed by atoms with Crippen LogP contribution in [-0.2, 0) is 33.3 Å². The van der Waals surface area contributed by atoms with Crippen LogP contribution < -0.4 is 5.11 Å². The average molecular weight is 1280 g/mol. The van der Waals surface area contributed by atoms with E-state index in [1.54, 1.807) is 0 Å². The minimum absolute atomic E-state index is 0.129. The van der Waals surface area contributed by atoms with Crippen LogP contribution in [0.1, 0.15) is 245 Å². The highest BCUT2D eigenvalue weighted by Gasteiger charge is 2.22. The molecule has 2 atom stereocenters. The zero-order valence-corrected chi connectivity index (χ0v) is 59.3. The Kier molecular flexibility index (Phi) is 67.0. The molecule has 0 aliphatic heterocycles. The van der Waals surface area contributed by atoms with Crippen molar-refractivity contribution < 1.29 is 42.9 Å². The van der Waals surface area contributed by atoms with Gasteiger partial charge in [-0.1, -0.05) is 291 Å². The average Bonchev–Trinajstić information content (AvgIpc) is 3.73. The number of unbranched alkanes of at least 4 members (excludes halogenated alkanes) is 15. The fourth-order valence-electron chi connectivity index (χ4n) is 9.07. The Labute approximate surface area is 569 Å². The van der Waals surface area contributed by atoms with Gasteiger partial charge in [-0.15, -0.1) is 0 Å². The molecule has 0 spiro atoms. The monoisotopic (exact) mass is 1280 g/mol. The standard InChI is InChI=1S/C84H131NO8/c1-6-8-10-12-14-16-18-20-22-24-26-28-30-32-34-36-38-39-40-41-42-43-45-47-49-51-53-55-57-59-61-63-65-67-69-71-73-75-82(87)93-80(79-92-84(83(88)89)90-77-76-85(3,4)5)78-91-81(86)74-72-70-68-66-64-62-60-58-56-54-52-50-48-46-44-37-35-33-31-29-27-25-23-21-19-17-15-13-11-9-7-2/h8-11,14-17,20-23,26-29,32-35,38-39,41-42,44-47,51,53,57,59,63,65,80,84H,6-7,12-13,18-19,24-25,30-31,36-37,40,43,48-50,52,54-56,58,60-62,64,66-79H2,1-5H3/b10-8-,11-9-,16-14-,17-15-,22-20-,23-21-,28-26-,29-27-,34-32-,35-33-,39-38-,42-41-,46-44-,47-45-,53-51-,59-57-,65-63-. The third-order valence-electron chi connectivity index (χ3n) is 14.5. The van der Waals surface area contributed by atoms with Crippen molar-refractivity contribution >= 4 is 17.9 Å². The number of carbonyl (C=O) groups excluding carboxylic acids is 3. The fraction of sp³-hybridized carbons (Fsp3) is 0.560. The molecule has 0 N–H and O–H groups in total. The van der Waals surface area contributed by atoms with E-state index >= 15 is 0 Å². The first kappa shape index (κ1) is 86.9. The van der Waals surface area contributed by atoms with E-state index in [9.17, 15) is 19.5 Å². The number of nitrogens with zero attached hydrogens (tertiary/aromatic N) is 1. The summed E-state index contributed by atoms with van der Waals surface area (Å²) in [6, 6.07) is 0. The summed E-state index contributed by atoms with van der Waals surface area (Å²) in [6.07, 6.45) is 109. The first-order valence-corrected chi connectivity index (χ1v) is 36.2. The molecule has 0 saturated heterocycles. The summed E-state index contributed by atoms with van der Waals surface area (Å²) in [5, 5.41) is 11.8. The number of likely N-dealkylation sites (N-methyl/N-ethyl adjacent to an activating group) is 1. The predicted molar refractivity (Wildman–Crippen MR) is 397 cm³/mol. The number of carbonyl (C=O) groups is 3. The molecular formula is C84H131NO8. The van der Waals surface area contributed by atoms with Gasteiger partial charge in [0, 0.05) is 12.8 Å². The van der Waals surface area contributed by atoms with Crippen LogP contribution in [0.25, 0.3) is 0 Å². The van der Waals surface area contributed by atoms with Crippen molar-refractivity contribution in [2.24, 2.45) is 0 Å². The molecule has 520 valence electrons. The van der Waals surface area contributed by atoms with Gasteiger partial charge in [0.15, 0.2) is 12.4 Å². The zero-order chi connectivity index (χ0) is 67.5. The van der Waals surface area contributed by atoms with Gasteiger partial charge in [0.1, 0.15) is 13.2 Å². The van der Waals surface area contributed by atoms with Crippen LogP contribution in [0.5, 0.6) is 0 Å². The van der Waals surface area contributed by atoms with Gasteiger partial charge in [-0.2, -0.15) is 0 Å². The predicted octanol–water partition coefficient (Wildman–Crippen LogP) is 21.8. The lowest BCUT2D eigenvalue weighted by molar-refractivity contribution is -0.870. The molecule has 0 heterocycles. The fourth-order valence-corrected chi connectivity index (χ4v) is 9.07. The Morgan fingerprint density at radius 1 is 0.323 bits per heavy atom. The molecule has 0 saturated carbocycles. The number of carboxylic acids is 1. The quantitative estimate of drug-likeness (QED) is 0.0195. The van der Waals surface area contributed by atoms with Gasteiger partial charge in [-0.3, -0.25) is 9.59 Å². The molecule has 93 heavy (non-hydrogen) atoms. The van der Waals surface area contributed by atoms with Gasteiger partial charge >= 0.3 is 11.9 Å². The van der Waals surface area contributed by atoms with E-state index in [0.717, 1.165) is 154 Å². The van der Waals surface area contributed by atoms with E-state index in [0.29, 0.717) is 17.4 Å². The summed E-state index contributed by atoms with van der Waals surface area (Å²) < 4.78 is 22.7. The first-order valence-electron chi connectivity index (χ1n) is 36.2. The van der Waals surface area contributed by atoms with Crippen molar-refractivity contribution in [2.45, 2.75) is 257 Å². The Bertz CT molecular complexity index is 2280. The Balaban J connectivity index is 4.26. The third kappa shape index (κ3) is 73.1. The Hall–Kier alpha value is -6.13. The minimum atomic E-state index is -1.65. The molecular weight excluding hydrogens is 1150 g/mol. The maximum atomic E-state index is 12.9. The highest BCUT2D eigenvalue weighted by molar-refractivity contribution is 5.70. The van der Waals surface area contributed by atoms with E-state index in [2.05, 4.69) is 220 Å². The molecule has 0 aromatic carbocycles. The maximum Gasteiger partial charge on any atom is 0.306 e. The van der Waals surface area contributed by atoms with Crippen LogP contribution in [0.2, 0.25) is 0 Å². The van der Waals surface area contributed by atoms with Gasteiger partial charge < -0.3 is 33.3 Å². The molecule has 2 unspecified atom stereocenters. The molecule has 9 nitrogen and oxygen atoms in total. The normalized spacial score (nSPS) is 13.9. The molecule has 0 radical (unpaired) electrons. The lowest BCUT2D eigenvalue weighted by Crippen LogP contribution is -2.44. The molecule has 0 aromatic rings. The summed E-state index contributed by atoms with van der Waals surface area (Å²) in [5.74, 6) is -2.35. The maximum absolute atomic E-state index is 12.9. The number of esters is 2. The van der Waals surface area contributed by atoms with Crippen molar-refractivity contribution in [3.63, 3.8) is 0 Å². The molecule has 0 rings (SSSR count). The summed E-state index contributed by atoms with van der Waals surface area (Å²) in [6.45, 7) is 4.45. The second-order valence-corrected chi connectivity index (χ2v) is 24.4. The Morgan fingerprint density at radius 2 is 0.581 bits per heavy atom. The second-order valence-electron chi connectivity index (χ2n) is 24.4. The lowest BCUT2D eigenvalue weighted by Gasteiger charge is -2.26. The van der Waals surface area contributed by atoms with Crippen molar-refractivity contribution in [1.82, 2.24) is 0 Å². The summed E-state index contributed by atoms with van der Waals surface area (Å²) in [4.78, 5) is 37.5. The number of aliphatic carboxylic acids is 1. The van der Waals surface area contributed by atoms with Crippen LogP contribution in [0, 0.1) is 0 Å². The molecule has 9 heteroatoms. The van der Waals surface area contributed by atoms with Gasteiger partial charge in [-0.05, 0) is 148 Å². The topological polar surface area (TPSA) is 111 Å². The minimum Gasteiger partial charge on any atom is -0.545 e. The number of hydrogen-bond donors (Lipinski definition) is 0. The van der Waals surface area contributed by atoms with Crippen LogP contribution in [0.3, 0.4) is 0 Å². The van der Waals surface area contributed by atoms with E-state index in [4.69, 9.17) is 18.9 Å². The first-order chi connectivity index (χ1) is 45.6. The highest BCUT2D eigenvalue weighted by Crippen LogP contribution is 2.15. The van der Waals surface area contributed by atoms with E-state index in [-0.39, 0.29) is 38.6 Å². The molecule has 0 amide bonds. The smallest absolute Gasteiger partial charge is 0.306 e. The molecule has 0 bridgehead atoms.